The Morgan fingerprint density at radius 1 is 1.25 bits per heavy atom. The second-order valence-corrected chi connectivity index (χ2v) is 5.17. The first-order chi connectivity index (χ1) is 7.30. The molecule has 0 aliphatic rings. The maximum atomic E-state index is 11.9. The number of carbonyl (C=O) groups excluding carboxylic acids is 1. The van der Waals surface area contributed by atoms with Crippen molar-refractivity contribution in [2.24, 2.45) is 5.41 Å². The molecule has 0 aliphatic heterocycles. The first-order valence-corrected chi connectivity index (χ1v) is 5.89. The van der Waals surface area contributed by atoms with Crippen LogP contribution in [0.15, 0.2) is 24.3 Å². The van der Waals surface area contributed by atoms with Gasteiger partial charge in [0, 0.05) is 27.9 Å². The summed E-state index contributed by atoms with van der Waals surface area (Å²) in [5.41, 5.74) is 0.588. The highest BCUT2D eigenvalue weighted by molar-refractivity contribution is 7.80. The Kier molecular flexibility index (Phi) is 3.83. The molecule has 1 N–H and O–H groups in total. The number of ketones is 1. The molecule has 1 aromatic carbocycles. The van der Waals surface area contributed by atoms with Gasteiger partial charge in [0.25, 0.3) is 0 Å². The first-order valence-electron chi connectivity index (χ1n) is 4.81. The summed E-state index contributed by atoms with van der Waals surface area (Å²) in [5, 5.41) is 0. The number of anilines is 1. The lowest BCUT2D eigenvalue weighted by Crippen LogP contribution is -2.20. The standard InChI is InChI=1S/C11H15NO3S/c1-11(2,3)10(13)8-4-6-9(7-5-8)12-16(14)15/h4-7,12H,1-3H3,(H,14,15)/p-1. The fourth-order valence-corrected chi connectivity index (χ4v) is 1.55. The molecule has 5 heteroatoms. The average molecular weight is 240 g/mol. The Labute approximate surface area is 97.5 Å². The molecule has 0 heterocycles. The molecule has 0 radical (unpaired) electrons. The van der Waals surface area contributed by atoms with Crippen LogP contribution in [0.25, 0.3) is 0 Å². The second-order valence-electron chi connectivity index (χ2n) is 4.49. The Morgan fingerprint density at radius 2 is 1.75 bits per heavy atom. The first kappa shape index (κ1) is 12.9. The SMILES string of the molecule is CC(C)(C)C(=O)c1ccc(NS(=O)[O-])cc1. The third kappa shape index (κ3) is 3.43. The highest BCUT2D eigenvalue weighted by atomic mass is 32.2. The molecular weight excluding hydrogens is 226 g/mol. The molecule has 1 unspecified atom stereocenters. The topological polar surface area (TPSA) is 69.2 Å². The third-order valence-electron chi connectivity index (χ3n) is 2.03. The van der Waals surface area contributed by atoms with Crippen LogP contribution in [0.1, 0.15) is 31.1 Å². The minimum atomic E-state index is -2.34. The molecule has 0 aromatic heterocycles. The minimum absolute atomic E-state index is 0.0299. The minimum Gasteiger partial charge on any atom is -0.755 e. The van der Waals surface area contributed by atoms with Crippen molar-refractivity contribution in [3.8, 4) is 0 Å². The molecule has 0 saturated heterocycles. The lowest BCUT2D eigenvalue weighted by molar-refractivity contribution is 0.0858. The summed E-state index contributed by atoms with van der Waals surface area (Å²) in [6.45, 7) is 5.52. The van der Waals surface area contributed by atoms with E-state index >= 15 is 0 Å². The smallest absolute Gasteiger partial charge is 0.168 e. The van der Waals surface area contributed by atoms with Crippen LogP contribution in [-0.2, 0) is 11.3 Å². The van der Waals surface area contributed by atoms with Crippen LogP contribution in [-0.4, -0.2) is 14.5 Å². The lowest BCUT2D eigenvalue weighted by Gasteiger charge is -2.17. The summed E-state index contributed by atoms with van der Waals surface area (Å²) < 4.78 is 23.0. The Morgan fingerprint density at radius 3 is 2.12 bits per heavy atom. The average Bonchev–Trinajstić information content (AvgIpc) is 2.15. The normalized spacial score (nSPS) is 13.2. The molecule has 1 rings (SSSR count). The van der Waals surface area contributed by atoms with Crippen LogP contribution in [0.5, 0.6) is 0 Å². The van der Waals surface area contributed by atoms with E-state index in [4.69, 9.17) is 0 Å². The van der Waals surface area contributed by atoms with Crippen molar-refractivity contribution in [3.63, 3.8) is 0 Å². The number of hydrogen-bond acceptors (Lipinski definition) is 3. The number of hydrogen-bond donors (Lipinski definition) is 1. The van der Waals surface area contributed by atoms with Crippen molar-refractivity contribution in [3.05, 3.63) is 29.8 Å². The van der Waals surface area contributed by atoms with Gasteiger partial charge in [-0.05, 0) is 24.3 Å². The number of Topliss-reactive ketones (excluding diaryl/α,β-unsaturated/α-hetero) is 1. The van der Waals surface area contributed by atoms with E-state index in [1.165, 1.54) is 0 Å². The molecule has 0 aliphatic carbocycles. The van der Waals surface area contributed by atoms with E-state index in [2.05, 4.69) is 4.72 Å². The van der Waals surface area contributed by atoms with Crippen LogP contribution in [0.3, 0.4) is 0 Å². The van der Waals surface area contributed by atoms with E-state index < -0.39 is 16.7 Å². The molecule has 88 valence electrons. The highest BCUT2D eigenvalue weighted by Crippen LogP contribution is 2.21. The zero-order valence-corrected chi connectivity index (χ0v) is 10.3. The van der Waals surface area contributed by atoms with Gasteiger partial charge in [0.2, 0.25) is 0 Å². The molecule has 4 nitrogen and oxygen atoms in total. The monoisotopic (exact) mass is 240 g/mol. The summed E-state index contributed by atoms with van der Waals surface area (Å²) in [7, 11) is 0. The predicted molar refractivity (Wildman–Crippen MR) is 62.8 cm³/mol. The van der Waals surface area contributed by atoms with Crippen molar-refractivity contribution in [1.29, 1.82) is 0 Å². The van der Waals surface area contributed by atoms with E-state index in [9.17, 15) is 13.6 Å². The van der Waals surface area contributed by atoms with E-state index in [1.807, 2.05) is 20.8 Å². The summed E-state index contributed by atoms with van der Waals surface area (Å²) in [5.74, 6) is 0.0299. The van der Waals surface area contributed by atoms with Crippen LogP contribution in [0, 0.1) is 5.41 Å². The van der Waals surface area contributed by atoms with Crippen molar-refractivity contribution in [2.45, 2.75) is 20.8 Å². The van der Waals surface area contributed by atoms with Gasteiger partial charge in [-0.25, -0.2) is 0 Å². The van der Waals surface area contributed by atoms with Crippen molar-refractivity contribution in [2.75, 3.05) is 4.72 Å². The fraction of sp³-hybridized carbons (Fsp3) is 0.364. The van der Waals surface area contributed by atoms with Gasteiger partial charge in [-0.3, -0.25) is 9.00 Å². The van der Waals surface area contributed by atoms with Crippen molar-refractivity contribution >= 4 is 22.7 Å². The van der Waals surface area contributed by atoms with Gasteiger partial charge in [0.05, 0.1) is 0 Å². The molecular formula is C11H14NO3S-. The molecule has 1 atom stereocenters. The van der Waals surface area contributed by atoms with Gasteiger partial charge in [-0.2, -0.15) is 0 Å². The molecule has 1 aromatic rings. The predicted octanol–water partition coefficient (Wildman–Crippen LogP) is 2.12. The largest absolute Gasteiger partial charge is 0.755 e. The molecule has 0 fully saturated rings. The van der Waals surface area contributed by atoms with Crippen molar-refractivity contribution < 1.29 is 13.6 Å². The Balaban J connectivity index is 2.87. The van der Waals surface area contributed by atoms with Gasteiger partial charge < -0.3 is 9.27 Å². The van der Waals surface area contributed by atoms with E-state index in [-0.39, 0.29) is 5.78 Å². The zero-order chi connectivity index (χ0) is 12.3. The fourth-order valence-electron chi connectivity index (χ4n) is 1.22. The van der Waals surface area contributed by atoms with E-state index in [0.29, 0.717) is 11.3 Å². The van der Waals surface area contributed by atoms with Gasteiger partial charge in [0.1, 0.15) is 0 Å². The molecule has 16 heavy (non-hydrogen) atoms. The molecule has 0 spiro atoms. The maximum Gasteiger partial charge on any atom is 0.168 e. The molecule has 0 amide bonds. The van der Waals surface area contributed by atoms with Gasteiger partial charge in [-0.1, -0.05) is 20.8 Å². The number of benzene rings is 1. The molecule has 0 saturated carbocycles. The number of rotatable bonds is 3. The number of nitrogens with one attached hydrogen (secondary N) is 1. The van der Waals surface area contributed by atoms with Gasteiger partial charge >= 0.3 is 0 Å². The zero-order valence-electron chi connectivity index (χ0n) is 9.44. The summed E-state index contributed by atoms with van der Waals surface area (Å²) in [4.78, 5) is 11.9. The second kappa shape index (κ2) is 4.76. The molecule has 0 bridgehead atoms. The quantitative estimate of drug-likeness (QED) is 0.650. The van der Waals surface area contributed by atoms with Crippen molar-refractivity contribution in [1.82, 2.24) is 0 Å². The van der Waals surface area contributed by atoms with Gasteiger partial charge in [0.15, 0.2) is 5.78 Å². The highest BCUT2D eigenvalue weighted by Gasteiger charge is 2.22. The third-order valence-corrected chi connectivity index (χ3v) is 2.43. The van der Waals surface area contributed by atoms with Gasteiger partial charge in [-0.15, -0.1) is 0 Å². The van der Waals surface area contributed by atoms with Crippen LogP contribution in [0.2, 0.25) is 0 Å². The van der Waals surface area contributed by atoms with Crippen LogP contribution >= 0.6 is 0 Å². The van der Waals surface area contributed by atoms with Crippen LogP contribution < -0.4 is 4.72 Å². The lowest BCUT2D eigenvalue weighted by atomic mass is 9.86. The summed E-state index contributed by atoms with van der Waals surface area (Å²) in [6.07, 6.45) is 0. The van der Waals surface area contributed by atoms with E-state index in [0.717, 1.165) is 0 Å². The number of carbonyl (C=O) groups is 1. The maximum absolute atomic E-state index is 11.9. The van der Waals surface area contributed by atoms with Crippen LogP contribution in [0.4, 0.5) is 5.69 Å². The Bertz CT molecular complexity index is 406. The van der Waals surface area contributed by atoms with E-state index in [1.54, 1.807) is 24.3 Å². The summed E-state index contributed by atoms with van der Waals surface area (Å²) in [6, 6.07) is 6.36. The summed E-state index contributed by atoms with van der Waals surface area (Å²) >= 11 is -2.34. The Hall–Kier alpha value is -1.20.